The molecule has 0 aromatic rings. The first-order valence-electron chi connectivity index (χ1n) is 2.00. The van der Waals surface area contributed by atoms with Crippen LogP contribution >= 0.6 is 55.4 Å². The van der Waals surface area contributed by atoms with Crippen molar-refractivity contribution < 1.29 is 13.6 Å². The van der Waals surface area contributed by atoms with Gasteiger partial charge in [-0.1, -0.05) is 0 Å². The van der Waals surface area contributed by atoms with Crippen LogP contribution in [0.2, 0.25) is 0 Å². The van der Waals surface area contributed by atoms with Crippen molar-refractivity contribution in [2.24, 2.45) is 5.50 Å². The molecule has 0 radical (unpaired) electrons. The van der Waals surface area contributed by atoms with Crippen molar-refractivity contribution in [3.05, 3.63) is 0 Å². The van der Waals surface area contributed by atoms with E-state index in [9.17, 15) is 4.57 Å². The van der Waals surface area contributed by atoms with E-state index in [1.165, 1.54) is 0 Å². The van der Waals surface area contributed by atoms with Crippen LogP contribution < -0.4 is 5.50 Å². The molecular weight excluding hydrogens is 252 g/mol. The quantitative estimate of drug-likeness (QED) is 0.462. The zero-order chi connectivity index (χ0) is 9.07. The van der Waals surface area contributed by atoms with Gasteiger partial charge >= 0.3 is 7.75 Å². The van der Waals surface area contributed by atoms with Crippen LogP contribution in [0.15, 0.2) is 0 Å². The average Bonchev–Trinajstić information content (AvgIpc) is 1.53. The van der Waals surface area contributed by atoms with E-state index in [1.54, 1.807) is 0 Å². The van der Waals surface area contributed by atoms with Crippen LogP contribution in [0.25, 0.3) is 0 Å². The normalized spacial score (nSPS) is 10.5. The summed E-state index contributed by atoms with van der Waals surface area (Å²) in [5.74, 6) is 0. The van der Waals surface area contributed by atoms with Gasteiger partial charge in [0, 0.05) is 0 Å². The molecule has 0 aliphatic carbocycles. The summed E-state index contributed by atoms with van der Waals surface area (Å²) in [7, 11) is -3.85. The Kier molecular flexibility index (Phi) is 4.77. The van der Waals surface area contributed by atoms with Crippen LogP contribution in [-0.2, 0) is 13.6 Å². The summed E-state index contributed by atoms with van der Waals surface area (Å²) in [5, 5.41) is 0. The fourth-order valence-electron chi connectivity index (χ4n) is 0.219. The number of hydrogen-bond donors (Lipinski definition) is 1. The van der Waals surface area contributed by atoms with Crippen LogP contribution in [0.1, 0.15) is 0 Å². The molecule has 2 N–H and O–H groups in total. The van der Waals surface area contributed by atoms with Crippen LogP contribution in [-0.4, -0.2) is 9.02 Å². The molecule has 11 heavy (non-hydrogen) atoms. The van der Waals surface area contributed by atoms with Crippen LogP contribution in [0, 0.1) is 0 Å². The summed E-state index contributed by atoms with van der Waals surface area (Å²) in [6.45, 7) is 0. The first-order valence-corrected chi connectivity index (χ1v) is 5.18. The van der Waals surface area contributed by atoms with E-state index in [1.807, 2.05) is 0 Å². The zero-order valence-corrected chi connectivity index (χ0v) is 8.86. The van der Waals surface area contributed by atoms with Gasteiger partial charge in [0.1, 0.15) is 0 Å². The largest absolute Gasteiger partial charge is 0.513 e. The highest BCUT2D eigenvalue weighted by molar-refractivity contribution is 7.84. The minimum atomic E-state index is -3.85. The molecule has 0 bridgehead atoms. The van der Waals surface area contributed by atoms with Gasteiger partial charge in [0.2, 0.25) is 0 Å². The number of nitrogens with two attached hydrogens (primary N) is 1. The zero-order valence-electron chi connectivity index (χ0n) is 4.82. The Bertz CT molecular complexity index is 213. The maximum Gasteiger partial charge on any atom is 0.513 e. The molecule has 0 rings (SSSR count). The third-order valence-electron chi connectivity index (χ3n) is 0.398. The Labute approximate surface area is 83.5 Å². The predicted octanol–water partition coefficient (Wildman–Crippen LogP) is 2.13. The Balaban J connectivity index is 4.12. The monoisotopic (exact) mass is 253 g/mol. The van der Waals surface area contributed by atoms with Crippen LogP contribution in [0.3, 0.4) is 0 Å². The van der Waals surface area contributed by atoms with E-state index in [0.29, 0.717) is 0 Å². The smallest absolute Gasteiger partial charge is 0.382 e. The van der Waals surface area contributed by atoms with Gasteiger partial charge in [0.05, 0.1) is 0 Å². The number of rotatable bonds is 2. The third-order valence-corrected chi connectivity index (χ3v) is 2.06. The lowest BCUT2D eigenvalue weighted by Gasteiger charge is -2.10. The highest BCUT2D eigenvalue weighted by Gasteiger charge is 2.23. The lowest BCUT2D eigenvalue weighted by molar-refractivity contribution is 0.393. The summed E-state index contributed by atoms with van der Waals surface area (Å²) in [6.07, 6.45) is 0. The molecule has 0 fully saturated rings. The highest BCUT2D eigenvalue weighted by atomic mass is 35.5. The summed E-state index contributed by atoms with van der Waals surface area (Å²) in [6, 6.07) is 0. The van der Waals surface area contributed by atoms with Crippen molar-refractivity contribution in [3.63, 3.8) is 0 Å². The lowest BCUT2D eigenvalue weighted by atomic mass is 11.7. The van der Waals surface area contributed by atoms with Crippen molar-refractivity contribution in [1.29, 1.82) is 0 Å². The van der Waals surface area contributed by atoms with Gasteiger partial charge in [-0.15, -0.1) is 0 Å². The summed E-state index contributed by atoms with van der Waals surface area (Å²) in [5.41, 5.74) is 4.89. The maximum absolute atomic E-state index is 10.8. The third kappa shape index (κ3) is 6.93. The highest BCUT2D eigenvalue weighted by Crippen LogP contribution is 2.40. The first-order chi connectivity index (χ1) is 4.83. The molecule has 0 saturated heterocycles. The topological polar surface area (TPSA) is 61.6 Å². The number of thiocarbonyl (C=S) groups is 2. The lowest BCUT2D eigenvalue weighted by Crippen LogP contribution is -2.06. The van der Waals surface area contributed by atoms with Gasteiger partial charge in [-0.2, -0.15) is 0 Å². The second-order valence-corrected chi connectivity index (χ2v) is 4.52. The van der Waals surface area contributed by atoms with Crippen LogP contribution in [0.4, 0.5) is 0 Å². The van der Waals surface area contributed by atoms with E-state index in [4.69, 9.17) is 28.7 Å². The Morgan fingerprint density at radius 1 is 1.27 bits per heavy atom. The summed E-state index contributed by atoms with van der Waals surface area (Å²) >= 11 is 18.5. The molecule has 0 saturated carbocycles. The molecule has 0 aromatic carbocycles. The van der Waals surface area contributed by atoms with Gasteiger partial charge in [-0.25, -0.2) is 10.1 Å². The maximum atomic E-state index is 10.8. The number of halogens is 2. The average molecular weight is 254 g/mol. The Morgan fingerprint density at radius 2 is 1.55 bits per heavy atom. The van der Waals surface area contributed by atoms with Gasteiger partial charge in [-0.05, 0) is 47.6 Å². The van der Waals surface area contributed by atoms with Crippen molar-refractivity contribution in [2.75, 3.05) is 0 Å². The van der Waals surface area contributed by atoms with Gasteiger partial charge in [0.15, 0.2) is 0 Å². The molecule has 0 aliphatic heterocycles. The molecule has 0 amide bonds. The summed E-state index contributed by atoms with van der Waals surface area (Å²) < 4.78 is 18.1. The minimum absolute atomic E-state index is 0.524. The molecule has 64 valence electrons. The molecule has 4 nitrogen and oxygen atoms in total. The molecule has 0 unspecified atom stereocenters. The predicted molar refractivity (Wildman–Crippen MR) is 50.9 cm³/mol. The molecule has 0 atom stereocenters. The molecule has 0 aliphatic rings. The van der Waals surface area contributed by atoms with Gasteiger partial charge in [0.25, 0.3) is 9.02 Å². The van der Waals surface area contributed by atoms with Crippen molar-refractivity contribution in [2.45, 2.75) is 0 Å². The van der Waals surface area contributed by atoms with Crippen molar-refractivity contribution in [1.82, 2.24) is 0 Å². The van der Waals surface area contributed by atoms with Gasteiger partial charge < -0.3 is 9.05 Å². The standard InChI is InChI=1S/C2H2Cl2NO3PS2/c3-1(10)7-9(5,6)8-2(4)11/h(H2,5,6). The van der Waals surface area contributed by atoms with Crippen molar-refractivity contribution >= 4 is 64.4 Å². The van der Waals surface area contributed by atoms with E-state index < -0.39 is 16.8 Å². The van der Waals surface area contributed by atoms with E-state index in [2.05, 4.69) is 33.5 Å². The SMILES string of the molecule is NP(=O)(OC(=S)Cl)OC(=S)Cl. The second-order valence-electron chi connectivity index (χ2n) is 1.20. The molecule has 0 heterocycles. The fraction of sp³-hybridized carbons (Fsp3) is 0. The first kappa shape index (κ1) is 11.6. The second kappa shape index (κ2) is 4.54. The Morgan fingerprint density at radius 3 is 1.73 bits per heavy atom. The molecule has 9 heteroatoms. The van der Waals surface area contributed by atoms with E-state index >= 15 is 0 Å². The molecule has 0 aromatic heterocycles. The van der Waals surface area contributed by atoms with E-state index in [-0.39, 0.29) is 0 Å². The minimum Gasteiger partial charge on any atom is -0.382 e. The van der Waals surface area contributed by atoms with E-state index in [0.717, 1.165) is 0 Å². The van der Waals surface area contributed by atoms with Crippen molar-refractivity contribution in [3.8, 4) is 0 Å². The molecular formula is C2H2Cl2NO3PS2. The number of hydrogen-bond acceptors (Lipinski definition) is 5. The Hall–Kier alpha value is 0.550. The van der Waals surface area contributed by atoms with Crippen LogP contribution in [0.5, 0.6) is 0 Å². The molecule has 0 spiro atoms. The van der Waals surface area contributed by atoms with Gasteiger partial charge in [-0.3, -0.25) is 0 Å². The fourth-order valence-corrected chi connectivity index (χ4v) is 1.86. The summed E-state index contributed by atoms with van der Waals surface area (Å²) in [4.78, 5) is 0.